The Morgan fingerprint density at radius 3 is 2.33 bits per heavy atom. The largest absolute Gasteiger partial charge is 0.378 e. The first-order chi connectivity index (χ1) is 13.3. The number of morpholine rings is 1. The molecule has 4 heteroatoms. The van der Waals surface area contributed by atoms with Gasteiger partial charge < -0.3 is 15.4 Å². The number of benzene rings is 2. The molecular formula is C23H26N2O2. The number of hydrogen-bond donors (Lipinski definition) is 2. The second-order valence-electron chi connectivity index (χ2n) is 8.02. The molecule has 6 rings (SSSR count). The third-order valence-corrected chi connectivity index (χ3v) is 6.41. The lowest BCUT2D eigenvalue weighted by molar-refractivity contribution is -0.122. The molecule has 2 aromatic rings. The molecule has 140 valence electrons. The fourth-order valence-corrected chi connectivity index (χ4v) is 5.25. The molecule has 27 heavy (non-hydrogen) atoms. The van der Waals surface area contributed by atoms with Crippen LogP contribution in [0.2, 0.25) is 0 Å². The highest BCUT2D eigenvalue weighted by Crippen LogP contribution is 2.55. The molecule has 3 aliphatic carbocycles. The zero-order valence-corrected chi connectivity index (χ0v) is 15.5. The van der Waals surface area contributed by atoms with Crippen molar-refractivity contribution < 1.29 is 9.53 Å². The van der Waals surface area contributed by atoms with Crippen molar-refractivity contribution in [3.05, 3.63) is 70.8 Å². The van der Waals surface area contributed by atoms with Crippen LogP contribution in [0, 0.1) is 5.92 Å². The van der Waals surface area contributed by atoms with Crippen LogP contribution in [0.4, 0.5) is 0 Å². The Labute approximate surface area is 160 Å². The van der Waals surface area contributed by atoms with Crippen molar-refractivity contribution in [2.24, 2.45) is 5.92 Å². The van der Waals surface area contributed by atoms with Crippen molar-refractivity contribution >= 4 is 5.91 Å². The van der Waals surface area contributed by atoms with Gasteiger partial charge in [0.25, 0.3) is 0 Å². The minimum Gasteiger partial charge on any atom is -0.378 e. The fourth-order valence-electron chi connectivity index (χ4n) is 5.25. The summed E-state index contributed by atoms with van der Waals surface area (Å²) in [5.41, 5.74) is 5.86. The molecule has 2 aromatic carbocycles. The summed E-state index contributed by atoms with van der Waals surface area (Å²) in [5.74, 6) is 1.43. The van der Waals surface area contributed by atoms with Crippen LogP contribution in [0.5, 0.6) is 0 Å². The van der Waals surface area contributed by atoms with Crippen molar-refractivity contribution in [2.45, 2.75) is 30.7 Å². The molecule has 0 saturated carbocycles. The van der Waals surface area contributed by atoms with Crippen LogP contribution in [0.15, 0.2) is 48.5 Å². The lowest BCUT2D eigenvalue weighted by Gasteiger charge is -2.45. The highest BCUT2D eigenvalue weighted by Gasteiger charge is 2.42. The Kier molecular flexibility index (Phi) is 4.46. The Morgan fingerprint density at radius 2 is 1.70 bits per heavy atom. The molecule has 4 nitrogen and oxygen atoms in total. The zero-order chi connectivity index (χ0) is 18.2. The minimum absolute atomic E-state index is 0.126. The van der Waals surface area contributed by atoms with Gasteiger partial charge in [-0.2, -0.15) is 0 Å². The van der Waals surface area contributed by atoms with E-state index in [1.807, 2.05) is 0 Å². The summed E-state index contributed by atoms with van der Waals surface area (Å²) in [6.07, 6.45) is 1.61. The van der Waals surface area contributed by atoms with E-state index in [-0.39, 0.29) is 11.9 Å². The number of amides is 1. The first-order valence-corrected chi connectivity index (χ1v) is 10.1. The number of ether oxygens (including phenoxy) is 1. The lowest BCUT2D eigenvalue weighted by Crippen LogP contribution is -2.45. The number of nitrogens with one attached hydrogen (secondary N) is 2. The molecule has 1 heterocycles. The lowest BCUT2D eigenvalue weighted by atomic mass is 9.59. The minimum atomic E-state index is 0.126. The average Bonchev–Trinajstić information content (AvgIpc) is 2.73. The zero-order valence-electron chi connectivity index (χ0n) is 15.5. The van der Waals surface area contributed by atoms with Gasteiger partial charge in [0.05, 0.1) is 13.2 Å². The molecule has 1 aliphatic heterocycles. The normalized spacial score (nSPS) is 28.3. The van der Waals surface area contributed by atoms with Crippen LogP contribution < -0.4 is 10.6 Å². The first kappa shape index (κ1) is 17.0. The predicted octanol–water partition coefficient (Wildman–Crippen LogP) is 2.78. The molecular weight excluding hydrogens is 336 g/mol. The molecule has 2 unspecified atom stereocenters. The van der Waals surface area contributed by atoms with Crippen LogP contribution in [0.25, 0.3) is 0 Å². The van der Waals surface area contributed by atoms with Crippen LogP contribution in [0.1, 0.15) is 46.9 Å². The summed E-state index contributed by atoms with van der Waals surface area (Å²) in [6, 6.07) is 17.9. The van der Waals surface area contributed by atoms with E-state index in [4.69, 9.17) is 4.74 Å². The van der Waals surface area contributed by atoms with Crippen molar-refractivity contribution in [1.82, 2.24) is 10.6 Å². The molecule has 1 fully saturated rings. The summed E-state index contributed by atoms with van der Waals surface area (Å²) in [4.78, 5) is 12.4. The summed E-state index contributed by atoms with van der Waals surface area (Å²) >= 11 is 0. The van der Waals surface area contributed by atoms with Crippen LogP contribution in [-0.2, 0) is 9.53 Å². The SMILES string of the molecule is O=C(CC1COCCN1)NCC1CC2c3ccccc3C1c1ccccc12. The number of rotatable bonds is 4. The average molecular weight is 362 g/mol. The van der Waals surface area contributed by atoms with Gasteiger partial charge in [0.15, 0.2) is 0 Å². The predicted molar refractivity (Wildman–Crippen MR) is 105 cm³/mol. The monoisotopic (exact) mass is 362 g/mol. The van der Waals surface area contributed by atoms with Gasteiger partial charge in [0, 0.05) is 37.4 Å². The van der Waals surface area contributed by atoms with Crippen molar-refractivity contribution in [2.75, 3.05) is 26.3 Å². The molecule has 0 aromatic heterocycles. The standard InChI is InChI=1S/C23H26N2O2/c26-22(12-16-14-27-10-9-24-16)25-13-15-11-21-17-5-1-3-7-19(17)23(15)20-8-4-2-6-18(20)21/h1-8,15-16,21,23-24H,9-14H2,(H,25,26). The molecule has 0 radical (unpaired) electrons. The van der Waals surface area contributed by atoms with Crippen LogP contribution >= 0.6 is 0 Å². The topological polar surface area (TPSA) is 50.4 Å². The van der Waals surface area contributed by atoms with Gasteiger partial charge in [-0.3, -0.25) is 4.79 Å². The number of carbonyl (C=O) groups excluding carboxylic acids is 1. The number of hydrogen-bond acceptors (Lipinski definition) is 3. The molecule has 2 atom stereocenters. The van der Waals surface area contributed by atoms with E-state index < -0.39 is 0 Å². The van der Waals surface area contributed by atoms with Gasteiger partial charge in [-0.05, 0) is 34.6 Å². The molecule has 2 N–H and O–H groups in total. The van der Waals surface area contributed by atoms with Gasteiger partial charge in [0.2, 0.25) is 5.91 Å². The van der Waals surface area contributed by atoms with Crippen molar-refractivity contribution in [3.63, 3.8) is 0 Å². The van der Waals surface area contributed by atoms with Gasteiger partial charge in [0.1, 0.15) is 0 Å². The van der Waals surface area contributed by atoms with Gasteiger partial charge in [-0.1, -0.05) is 48.5 Å². The van der Waals surface area contributed by atoms with Crippen molar-refractivity contribution in [3.8, 4) is 0 Å². The Bertz CT molecular complexity index is 796. The number of carbonyl (C=O) groups is 1. The molecule has 0 spiro atoms. The Hall–Kier alpha value is -2.17. The third-order valence-electron chi connectivity index (χ3n) is 6.41. The Morgan fingerprint density at radius 1 is 1.04 bits per heavy atom. The van der Waals surface area contributed by atoms with Gasteiger partial charge >= 0.3 is 0 Å². The van der Waals surface area contributed by atoms with E-state index in [0.29, 0.717) is 30.8 Å². The second kappa shape index (κ2) is 7.10. The van der Waals surface area contributed by atoms with E-state index in [0.717, 1.165) is 26.1 Å². The molecule has 1 saturated heterocycles. The summed E-state index contributed by atoms with van der Waals surface area (Å²) in [6.45, 7) is 2.94. The molecule has 1 amide bonds. The quantitative estimate of drug-likeness (QED) is 0.879. The Balaban J connectivity index is 1.32. The van der Waals surface area contributed by atoms with E-state index in [1.165, 1.54) is 22.3 Å². The summed E-state index contributed by atoms with van der Waals surface area (Å²) in [5, 5.41) is 6.57. The first-order valence-electron chi connectivity index (χ1n) is 10.1. The van der Waals surface area contributed by atoms with E-state index in [1.54, 1.807) is 0 Å². The van der Waals surface area contributed by atoms with Crippen LogP contribution in [0.3, 0.4) is 0 Å². The van der Waals surface area contributed by atoms with E-state index in [9.17, 15) is 4.79 Å². The van der Waals surface area contributed by atoms with Crippen molar-refractivity contribution in [1.29, 1.82) is 0 Å². The molecule has 4 aliphatic rings. The van der Waals surface area contributed by atoms with Crippen LogP contribution in [-0.4, -0.2) is 38.3 Å². The smallest absolute Gasteiger partial charge is 0.221 e. The maximum Gasteiger partial charge on any atom is 0.221 e. The maximum atomic E-state index is 12.4. The maximum absolute atomic E-state index is 12.4. The summed E-state index contributed by atoms with van der Waals surface area (Å²) in [7, 11) is 0. The van der Waals surface area contributed by atoms with E-state index in [2.05, 4.69) is 59.2 Å². The third kappa shape index (κ3) is 3.07. The molecule has 2 bridgehead atoms. The summed E-state index contributed by atoms with van der Waals surface area (Å²) < 4.78 is 5.45. The van der Waals surface area contributed by atoms with Gasteiger partial charge in [-0.25, -0.2) is 0 Å². The highest BCUT2D eigenvalue weighted by atomic mass is 16.5. The van der Waals surface area contributed by atoms with Gasteiger partial charge in [-0.15, -0.1) is 0 Å². The highest BCUT2D eigenvalue weighted by molar-refractivity contribution is 5.76. The second-order valence-corrected chi connectivity index (χ2v) is 8.02. The van der Waals surface area contributed by atoms with E-state index >= 15 is 0 Å². The number of fused-ring (bicyclic) bond motifs is 1. The fraction of sp³-hybridized carbons (Fsp3) is 0.435.